The second-order valence-electron chi connectivity index (χ2n) is 8.19. The van der Waals surface area contributed by atoms with Crippen molar-refractivity contribution < 1.29 is 9.90 Å². The van der Waals surface area contributed by atoms with Crippen LogP contribution in [-0.2, 0) is 13.1 Å². The average Bonchev–Trinajstić information content (AvgIpc) is 3.54. The number of aryl methyl sites for hydroxylation is 1. The molecule has 0 aliphatic heterocycles. The normalized spacial score (nSPS) is 11.0. The van der Waals surface area contributed by atoms with Crippen LogP contribution in [-0.4, -0.2) is 48.0 Å². The van der Waals surface area contributed by atoms with Crippen molar-refractivity contribution in [2.24, 2.45) is 0 Å². The van der Waals surface area contributed by atoms with Crippen molar-refractivity contribution >= 4 is 11.8 Å². The van der Waals surface area contributed by atoms with Crippen LogP contribution in [0, 0.1) is 0 Å². The summed E-state index contributed by atoms with van der Waals surface area (Å²) < 4.78 is 1.75. The third kappa shape index (κ3) is 5.14. The molecule has 0 radical (unpaired) electrons. The quantitative estimate of drug-likeness (QED) is 0.336. The predicted octanol–water partition coefficient (Wildman–Crippen LogP) is 4.65. The zero-order valence-electron chi connectivity index (χ0n) is 19.5. The average molecular weight is 460 g/mol. The van der Waals surface area contributed by atoms with Crippen molar-refractivity contribution in [2.75, 3.05) is 11.4 Å². The van der Waals surface area contributed by atoms with Gasteiger partial charge in [-0.3, -0.25) is 4.68 Å². The number of carboxylic acids is 1. The number of hydrogen-bond donors (Lipinski definition) is 2. The maximum Gasteiger partial charge on any atom is 0.341 e. The molecular formula is C25H29N7O2. The molecule has 9 heteroatoms. The number of nitrogens with zero attached hydrogens (tertiary/aromatic N) is 6. The van der Waals surface area contributed by atoms with Crippen LogP contribution in [0.2, 0.25) is 0 Å². The van der Waals surface area contributed by atoms with Gasteiger partial charge in [-0.1, -0.05) is 68.8 Å². The molecule has 176 valence electrons. The Hall–Kier alpha value is -4.01. The Balaban J connectivity index is 1.59. The molecule has 9 nitrogen and oxygen atoms in total. The van der Waals surface area contributed by atoms with Gasteiger partial charge in [0.05, 0.1) is 0 Å². The number of unbranched alkanes of at least 4 members (excludes halogenated alkanes) is 1. The Bertz CT molecular complexity index is 1220. The second-order valence-corrected chi connectivity index (χ2v) is 8.19. The standard InChI is InChI=1S/C25H29N7O2/c1-3-5-15-32-17-22(25(33)34)24(28-32)31(14-4-2)16-18-10-12-19(13-11-18)20-8-6-7-9-21(20)23-26-29-30-27-23/h6-13,17H,3-5,14-16H2,1-2H3,(H,33,34)(H,26,27,29,30). The zero-order chi connectivity index (χ0) is 23.9. The van der Waals surface area contributed by atoms with E-state index in [1.807, 2.05) is 29.2 Å². The number of aromatic amines is 1. The lowest BCUT2D eigenvalue weighted by atomic mass is 9.98. The largest absolute Gasteiger partial charge is 0.477 e. The van der Waals surface area contributed by atoms with E-state index >= 15 is 0 Å². The van der Waals surface area contributed by atoms with Gasteiger partial charge >= 0.3 is 5.97 Å². The van der Waals surface area contributed by atoms with E-state index in [9.17, 15) is 9.90 Å². The van der Waals surface area contributed by atoms with E-state index < -0.39 is 5.97 Å². The maximum atomic E-state index is 11.9. The summed E-state index contributed by atoms with van der Waals surface area (Å²) in [4.78, 5) is 14.0. The number of carbonyl (C=O) groups is 1. The first kappa shape index (κ1) is 23.2. The maximum absolute atomic E-state index is 11.9. The minimum absolute atomic E-state index is 0.246. The molecule has 4 rings (SSSR count). The smallest absolute Gasteiger partial charge is 0.341 e. The molecule has 0 atom stereocenters. The SMILES string of the molecule is CCCCn1cc(C(=O)O)c(N(CCC)Cc2ccc(-c3ccccc3-c3nn[nH]n3)cc2)n1. The number of H-pyrrole nitrogens is 1. The van der Waals surface area contributed by atoms with Gasteiger partial charge in [0.15, 0.2) is 5.82 Å². The Morgan fingerprint density at radius 3 is 2.47 bits per heavy atom. The van der Waals surface area contributed by atoms with Gasteiger partial charge in [-0.2, -0.15) is 10.3 Å². The zero-order valence-corrected chi connectivity index (χ0v) is 19.5. The van der Waals surface area contributed by atoms with Crippen molar-refractivity contribution in [3.63, 3.8) is 0 Å². The first-order valence-corrected chi connectivity index (χ1v) is 11.6. The van der Waals surface area contributed by atoms with Gasteiger partial charge < -0.3 is 10.0 Å². The summed E-state index contributed by atoms with van der Waals surface area (Å²) in [5.41, 5.74) is 4.29. The van der Waals surface area contributed by atoms with Gasteiger partial charge in [0.1, 0.15) is 5.56 Å². The molecule has 0 unspecified atom stereocenters. The van der Waals surface area contributed by atoms with Crippen molar-refractivity contribution in [3.8, 4) is 22.5 Å². The van der Waals surface area contributed by atoms with Crippen molar-refractivity contribution in [1.82, 2.24) is 30.4 Å². The number of aromatic nitrogens is 6. The molecule has 0 saturated heterocycles. The topological polar surface area (TPSA) is 113 Å². The summed E-state index contributed by atoms with van der Waals surface area (Å²) in [6.07, 6.45) is 4.52. The van der Waals surface area contributed by atoms with Crippen LogP contribution >= 0.6 is 0 Å². The highest BCUT2D eigenvalue weighted by molar-refractivity contribution is 5.93. The number of tetrazole rings is 1. The van der Waals surface area contributed by atoms with Crippen molar-refractivity contribution in [3.05, 3.63) is 65.9 Å². The summed E-state index contributed by atoms with van der Waals surface area (Å²) in [6, 6.07) is 16.2. The molecule has 0 amide bonds. The molecular weight excluding hydrogens is 430 g/mol. The first-order valence-electron chi connectivity index (χ1n) is 11.6. The fourth-order valence-corrected chi connectivity index (χ4v) is 3.98. The van der Waals surface area contributed by atoms with Gasteiger partial charge in [0.25, 0.3) is 0 Å². The molecule has 2 N–H and O–H groups in total. The first-order chi connectivity index (χ1) is 16.6. The summed E-state index contributed by atoms with van der Waals surface area (Å²) >= 11 is 0. The van der Waals surface area contributed by atoms with Crippen molar-refractivity contribution in [2.45, 2.75) is 46.2 Å². The fourth-order valence-electron chi connectivity index (χ4n) is 3.98. The van der Waals surface area contributed by atoms with Crippen LogP contribution in [0.5, 0.6) is 0 Å². The lowest BCUT2D eigenvalue weighted by molar-refractivity contribution is 0.0697. The summed E-state index contributed by atoms with van der Waals surface area (Å²) in [7, 11) is 0. The van der Waals surface area contributed by atoms with E-state index in [-0.39, 0.29) is 5.56 Å². The van der Waals surface area contributed by atoms with Gasteiger partial charge in [-0.15, -0.1) is 10.2 Å². The molecule has 0 aliphatic carbocycles. The number of carboxylic acid groups (broad SMARTS) is 1. The van der Waals surface area contributed by atoms with Crippen LogP contribution in [0.1, 0.15) is 49.0 Å². The number of benzene rings is 2. The van der Waals surface area contributed by atoms with Crippen LogP contribution in [0.15, 0.2) is 54.7 Å². The minimum atomic E-state index is -0.952. The Labute approximate surface area is 198 Å². The predicted molar refractivity (Wildman–Crippen MR) is 130 cm³/mol. The van der Waals surface area contributed by atoms with Crippen LogP contribution in [0.4, 0.5) is 5.82 Å². The fraction of sp³-hybridized carbons (Fsp3) is 0.320. The molecule has 2 aromatic carbocycles. The summed E-state index contributed by atoms with van der Waals surface area (Å²) in [5, 5.41) is 28.8. The van der Waals surface area contributed by atoms with Gasteiger partial charge in [0, 0.05) is 31.4 Å². The number of aromatic carboxylic acids is 1. The lowest BCUT2D eigenvalue weighted by Crippen LogP contribution is -2.25. The molecule has 0 spiro atoms. The molecule has 34 heavy (non-hydrogen) atoms. The summed E-state index contributed by atoms with van der Waals surface area (Å²) in [5.74, 6) is 0.123. The van der Waals surface area contributed by atoms with E-state index in [4.69, 9.17) is 0 Å². The Morgan fingerprint density at radius 1 is 1.06 bits per heavy atom. The number of anilines is 1. The van der Waals surface area contributed by atoms with E-state index in [0.717, 1.165) is 41.5 Å². The molecule has 4 aromatic rings. The van der Waals surface area contributed by atoms with Gasteiger partial charge in [-0.05, 0) is 34.7 Å². The number of nitrogens with one attached hydrogen (secondary N) is 1. The molecule has 2 aromatic heterocycles. The Morgan fingerprint density at radius 2 is 1.82 bits per heavy atom. The number of rotatable bonds is 11. The highest BCUT2D eigenvalue weighted by Crippen LogP contribution is 2.30. The van der Waals surface area contributed by atoms with Crippen LogP contribution in [0.3, 0.4) is 0 Å². The monoisotopic (exact) mass is 459 g/mol. The molecule has 0 saturated carbocycles. The third-order valence-electron chi connectivity index (χ3n) is 5.66. The van der Waals surface area contributed by atoms with E-state index in [0.29, 0.717) is 31.3 Å². The highest BCUT2D eigenvalue weighted by Gasteiger charge is 2.21. The minimum Gasteiger partial charge on any atom is -0.477 e. The summed E-state index contributed by atoms with van der Waals surface area (Å²) in [6.45, 7) is 6.19. The molecule has 0 fully saturated rings. The van der Waals surface area contributed by atoms with Gasteiger partial charge in [0.2, 0.25) is 5.82 Å². The van der Waals surface area contributed by atoms with Crippen molar-refractivity contribution in [1.29, 1.82) is 0 Å². The van der Waals surface area contributed by atoms with Crippen LogP contribution in [0.25, 0.3) is 22.5 Å². The van der Waals surface area contributed by atoms with E-state index in [2.05, 4.69) is 63.8 Å². The molecule has 0 aliphatic rings. The van der Waals surface area contributed by atoms with E-state index in [1.165, 1.54) is 0 Å². The molecule has 0 bridgehead atoms. The van der Waals surface area contributed by atoms with E-state index in [1.54, 1.807) is 10.9 Å². The van der Waals surface area contributed by atoms with Crippen LogP contribution < -0.4 is 4.90 Å². The highest BCUT2D eigenvalue weighted by atomic mass is 16.4. The third-order valence-corrected chi connectivity index (χ3v) is 5.66. The molecule has 2 heterocycles. The lowest BCUT2D eigenvalue weighted by Gasteiger charge is -2.23. The van der Waals surface area contributed by atoms with Gasteiger partial charge in [-0.25, -0.2) is 4.79 Å². The Kier molecular flexibility index (Phi) is 7.31. The number of hydrogen-bond acceptors (Lipinski definition) is 6. The second kappa shape index (κ2) is 10.7.